The van der Waals surface area contributed by atoms with Crippen LogP contribution in [0.3, 0.4) is 0 Å². The van der Waals surface area contributed by atoms with Crippen molar-refractivity contribution in [2.24, 2.45) is 0 Å². The van der Waals surface area contributed by atoms with E-state index in [9.17, 15) is 37.9 Å². The second-order valence-electron chi connectivity index (χ2n) is 37.1. The fraction of sp³-hybridized carbons (Fsp3) is 0.233. The molecule has 0 saturated carbocycles. The Morgan fingerprint density at radius 1 is 0.367 bits per heavy atom. The van der Waals surface area contributed by atoms with Gasteiger partial charge >= 0.3 is 12.2 Å². The number of methoxy groups -OCH3 is 3. The summed E-state index contributed by atoms with van der Waals surface area (Å²) < 4.78 is 53.9. The highest BCUT2D eigenvalue weighted by Gasteiger charge is 2.41. The molecule has 12 aromatic carbocycles. The molecular formula is C116H105Br5Cl2F2N12O10. The van der Waals surface area contributed by atoms with Gasteiger partial charge in [-0.2, -0.15) is 0 Å². The second-order valence-corrected chi connectivity index (χ2v) is 42.5. The molecule has 22 nitrogen and oxygen atoms in total. The third-order valence-electron chi connectivity index (χ3n) is 28.4. The number of phenolic OH excluding ortho intramolecular Hbond substituents is 1. The quantitative estimate of drug-likeness (QED) is 0.0673. The molecule has 24 rings (SSSR count). The second kappa shape index (κ2) is 44.2. The highest BCUT2D eigenvalue weighted by molar-refractivity contribution is 9.11. The number of aromatic nitrogens is 6. The Balaban J connectivity index is 0.000000111. The first-order valence-electron chi connectivity index (χ1n) is 48.5. The third-order valence-corrected chi connectivity index (χ3v) is 31.4. The minimum absolute atomic E-state index is 0.0435. The number of carbonyl (C=O) groups is 5. The van der Waals surface area contributed by atoms with Crippen LogP contribution in [-0.4, -0.2) is 157 Å². The number of rotatable bonds is 9. The van der Waals surface area contributed by atoms with E-state index in [0.29, 0.717) is 35.3 Å². The van der Waals surface area contributed by atoms with E-state index in [2.05, 4.69) is 201 Å². The average Bonchev–Trinajstić information content (AvgIpc) is 1.81. The van der Waals surface area contributed by atoms with E-state index in [1.54, 1.807) is 76.0 Å². The summed E-state index contributed by atoms with van der Waals surface area (Å²) in [6, 6.07) is 79.1. The Morgan fingerprint density at radius 2 is 0.701 bits per heavy atom. The molecule has 0 aliphatic carbocycles. The highest BCUT2D eigenvalue weighted by Crippen LogP contribution is 2.48. The molecule has 5 amide bonds. The van der Waals surface area contributed by atoms with E-state index in [-0.39, 0.29) is 71.9 Å². The summed E-state index contributed by atoms with van der Waals surface area (Å²) >= 11 is 30.1. The number of aromatic amines is 6. The van der Waals surface area contributed by atoms with Crippen molar-refractivity contribution in [1.82, 2.24) is 59.7 Å². The Hall–Kier alpha value is -13.0. The number of amides is 5. The van der Waals surface area contributed by atoms with Crippen molar-refractivity contribution in [2.75, 3.05) is 67.2 Å². The Labute approximate surface area is 900 Å². The summed E-state index contributed by atoms with van der Waals surface area (Å²) in [7, 11) is 4.70. The molecule has 0 spiro atoms. The number of hydrogen-bond acceptors (Lipinski definition) is 11. The maximum atomic E-state index is 14.2. The molecule has 6 aliphatic rings. The van der Waals surface area contributed by atoms with Crippen molar-refractivity contribution >= 4 is 198 Å². The van der Waals surface area contributed by atoms with E-state index in [1.807, 2.05) is 154 Å². The van der Waals surface area contributed by atoms with Gasteiger partial charge in [-0.15, -0.1) is 0 Å². The molecule has 6 aliphatic heterocycles. The van der Waals surface area contributed by atoms with E-state index < -0.39 is 11.6 Å². The van der Waals surface area contributed by atoms with Gasteiger partial charge in [0.2, 0.25) is 17.7 Å². The zero-order valence-electron chi connectivity index (χ0n) is 81.6. The summed E-state index contributed by atoms with van der Waals surface area (Å²) in [5.41, 5.74) is 26.9. The zero-order chi connectivity index (χ0) is 103. The molecule has 0 radical (unpaired) electrons. The van der Waals surface area contributed by atoms with Crippen molar-refractivity contribution in [3.05, 3.63) is 399 Å². The smallest absolute Gasteiger partial charge is 0.410 e. The number of aromatic hydroxyl groups is 1. The van der Waals surface area contributed by atoms with Crippen molar-refractivity contribution in [3.8, 4) is 17.2 Å². The molecular weight excluding hydrogens is 2230 g/mol. The fourth-order valence-corrected chi connectivity index (χ4v) is 23.7. The molecule has 6 unspecified atom stereocenters. The number of ether oxygens (including phenoxy) is 4. The SMILES string of the molecule is CC(=O)N1CCc2c([nH]c3ccc(Br)cc23)C1c1ccc(Br)cc1.CC(=O)N1CCc2c([nH]c3ccc(Br)cc23)C1c1ccc(C)cc1.CCOC(=O)N1CCc2c([nH]c3ccc(Cl)cc23)C1c1ccc(O)cc1.COC(=O)N1CCc2c([nH]c3ccc(Cl)cc23)C1c1cccc(OC)c1.COc1ccc(C2c3[nH]c4ccc(Br)cc4c3CCN2C(C)=O)cc1.Fc1cccc(C2NCCc3c2[nH]c2ccc(Br)cc32)c1F. The van der Waals surface area contributed by atoms with Gasteiger partial charge in [-0.05, 0) is 277 Å². The molecule has 18 aromatic rings. The maximum absolute atomic E-state index is 14.2. The van der Waals surface area contributed by atoms with Crippen LogP contribution in [0.4, 0.5) is 18.4 Å². The van der Waals surface area contributed by atoms with Gasteiger partial charge in [-0.3, -0.25) is 24.2 Å². The van der Waals surface area contributed by atoms with Crippen LogP contribution >= 0.6 is 103 Å². The van der Waals surface area contributed by atoms with Crippen LogP contribution in [0.2, 0.25) is 10.0 Å². The first-order chi connectivity index (χ1) is 71.0. The Bertz CT molecular complexity index is 7890. The number of halogens is 9. The molecule has 0 fully saturated rings. The number of benzene rings is 12. The lowest BCUT2D eigenvalue weighted by Gasteiger charge is -2.35. The molecule has 0 bridgehead atoms. The maximum Gasteiger partial charge on any atom is 0.410 e. The number of hydrogen-bond donors (Lipinski definition) is 8. The predicted octanol–water partition coefficient (Wildman–Crippen LogP) is 28.0. The molecule has 31 heteroatoms. The normalized spacial score (nSPS) is 16.9. The Kier molecular flexibility index (Phi) is 30.9. The van der Waals surface area contributed by atoms with Crippen LogP contribution in [0.15, 0.2) is 271 Å². The molecule has 0 saturated heterocycles. The van der Waals surface area contributed by atoms with Gasteiger partial charge in [0.05, 0.1) is 52.1 Å². The van der Waals surface area contributed by atoms with Gasteiger partial charge in [0.1, 0.15) is 29.3 Å². The molecule has 6 aromatic heterocycles. The Morgan fingerprint density at radius 3 is 1.10 bits per heavy atom. The predicted molar refractivity (Wildman–Crippen MR) is 593 cm³/mol. The zero-order valence-corrected chi connectivity index (χ0v) is 91.0. The number of nitrogens with zero attached hydrogens (tertiary/aromatic N) is 5. The lowest BCUT2D eigenvalue weighted by Crippen LogP contribution is -2.40. The van der Waals surface area contributed by atoms with Crippen LogP contribution in [0.5, 0.6) is 17.2 Å². The van der Waals surface area contributed by atoms with E-state index >= 15 is 0 Å². The molecule has 752 valence electrons. The molecule has 147 heavy (non-hydrogen) atoms. The van der Waals surface area contributed by atoms with Gasteiger partial charge in [0, 0.05) is 198 Å². The number of aryl methyl sites for hydroxylation is 1. The van der Waals surface area contributed by atoms with Crippen molar-refractivity contribution in [1.29, 1.82) is 0 Å². The van der Waals surface area contributed by atoms with Crippen molar-refractivity contribution < 1.29 is 56.8 Å². The number of fused-ring (bicyclic) bond motifs is 18. The third kappa shape index (κ3) is 21.1. The first kappa shape index (κ1) is 103. The van der Waals surface area contributed by atoms with Crippen LogP contribution in [0, 0.1) is 18.6 Å². The van der Waals surface area contributed by atoms with E-state index in [4.69, 9.17) is 42.1 Å². The van der Waals surface area contributed by atoms with Crippen LogP contribution in [0.1, 0.15) is 170 Å². The van der Waals surface area contributed by atoms with Crippen molar-refractivity contribution in [3.63, 3.8) is 0 Å². The van der Waals surface area contributed by atoms with Gasteiger partial charge in [-0.1, -0.05) is 193 Å². The van der Waals surface area contributed by atoms with Gasteiger partial charge in [0.25, 0.3) is 0 Å². The average molecular weight is 2340 g/mol. The standard InChI is InChI=1S/C20H19BrN2O2.C20H19BrN2O.2C20H19ClN2O3.C19H16Br2N2O.C17H13BrF2N2/c1-12(24)23-10-9-16-17-11-14(21)5-8-18(17)22-19(16)20(23)13-3-6-15(25-2)7-4-13;1-12-3-5-14(6-4-12)20-19-16(9-10-23(20)13(2)24)17-11-15(21)7-8-18(17)22-19;1-25-14-5-3-4-12(10-14)19-18-15(8-9-23(19)20(24)26-2)16-11-13(21)6-7-17(16)22-18;1-2-26-20(25)23-10-9-15-16-11-13(21)5-8-17(16)22-18(15)19(23)12-3-6-14(24)7-4-12;1-11(24)23-9-8-15-16-10-14(21)6-7-17(16)22-18(15)19(23)12-2-4-13(20)5-3-12;18-9-4-5-14-12(8-9)10-6-7-21-16(17(10)22-14)11-2-1-3-13(19)15(11)20/h3-8,11,20,22H,9-10H2,1-2H3;3-8,11,20,22H,9-10H2,1-2H3;3-7,10-11,19,22H,8-9H2,1-2H3;3-8,11,19,22,24H,2,9-10H2,1H3;2-7,10,19,22H,8-9H2,1H3;1-5,8,16,21-22H,6-7H2. The summed E-state index contributed by atoms with van der Waals surface area (Å²) in [5, 5.41) is 21.3. The number of phenols is 1. The van der Waals surface area contributed by atoms with Gasteiger partial charge in [0.15, 0.2) is 11.6 Å². The fourth-order valence-electron chi connectivity index (χ4n) is 21.6. The minimum atomic E-state index is -0.815. The minimum Gasteiger partial charge on any atom is -0.508 e. The van der Waals surface area contributed by atoms with Crippen LogP contribution in [0.25, 0.3) is 65.4 Å². The lowest BCUT2D eigenvalue weighted by atomic mass is 9.92. The summed E-state index contributed by atoms with van der Waals surface area (Å²) in [4.78, 5) is 92.0. The highest BCUT2D eigenvalue weighted by atomic mass is 79.9. The number of H-pyrrole nitrogens is 6. The molecule has 6 atom stereocenters. The summed E-state index contributed by atoms with van der Waals surface area (Å²) in [6.07, 6.45) is 4.26. The van der Waals surface area contributed by atoms with Crippen LogP contribution < -0.4 is 14.8 Å². The van der Waals surface area contributed by atoms with Gasteiger partial charge < -0.3 is 74.0 Å². The molecule has 12 heterocycles. The summed E-state index contributed by atoms with van der Waals surface area (Å²) in [5.74, 6) is 0.466. The topological polar surface area (TPSA) is 265 Å². The first-order valence-corrected chi connectivity index (χ1v) is 53.2. The number of carbonyl (C=O) groups excluding carboxylic acids is 5. The van der Waals surface area contributed by atoms with E-state index in [0.717, 1.165) is 216 Å². The van der Waals surface area contributed by atoms with Crippen molar-refractivity contribution in [2.45, 2.75) is 109 Å². The monoisotopic (exact) mass is 2330 g/mol. The van der Waals surface area contributed by atoms with Crippen LogP contribution in [-0.2, 0) is 62.4 Å². The van der Waals surface area contributed by atoms with E-state index in [1.165, 1.54) is 62.2 Å². The van der Waals surface area contributed by atoms with Gasteiger partial charge in [-0.25, -0.2) is 18.4 Å². The molecule has 8 N–H and O–H groups in total. The lowest BCUT2D eigenvalue weighted by molar-refractivity contribution is -0.131. The largest absolute Gasteiger partial charge is 0.508 e. The summed E-state index contributed by atoms with van der Waals surface area (Å²) in [6.45, 7) is 13.2. The number of nitrogens with one attached hydrogen (secondary N) is 7.